The maximum atomic E-state index is 14.5. The zero-order chi connectivity index (χ0) is 44.8. The summed E-state index contributed by atoms with van der Waals surface area (Å²) in [6, 6.07) is 12.4. The number of fused-ring (bicyclic) bond motifs is 1. The number of methoxy groups -OCH3 is 1. The van der Waals surface area contributed by atoms with Gasteiger partial charge in [-0.15, -0.1) is 11.3 Å². The van der Waals surface area contributed by atoms with Crippen LogP contribution < -0.4 is 0 Å². The first-order valence-corrected chi connectivity index (χ1v) is 21.9. The molecule has 0 aliphatic carbocycles. The van der Waals surface area contributed by atoms with E-state index in [-0.39, 0.29) is 30.5 Å². The maximum Gasteiger partial charge on any atom is 0.509 e. The minimum atomic E-state index is -1.38. The first-order chi connectivity index (χ1) is 28.9. The highest BCUT2D eigenvalue weighted by molar-refractivity contribution is 7.14. The van der Waals surface area contributed by atoms with Gasteiger partial charge in [-0.25, -0.2) is 4.79 Å². The molecular weight excluding hydrogens is 805 g/mol. The molecule has 0 amide bonds. The molecule has 14 atom stereocenters. The summed E-state index contributed by atoms with van der Waals surface area (Å²) in [7, 11) is 6.85. The number of carbonyl (C=O) groups is 3. The Bertz CT molecular complexity index is 1910. The Hall–Kier alpha value is -3.88. The van der Waals surface area contributed by atoms with Gasteiger partial charge in [-0.3, -0.25) is 9.59 Å². The molecule has 0 spiro atoms. The van der Waals surface area contributed by atoms with E-state index in [1.54, 1.807) is 45.2 Å². The van der Waals surface area contributed by atoms with Crippen LogP contribution in [-0.2, 0) is 42.8 Å². The number of hydrogen-bond donors (Lipinski definition) is 1. The maximum absolute atomic E-state index is 14.5. The number of aliphatic hydroxyl groups is 1. The van der Waals surface area contributed by atoms with Gasteiger partial charge in [0.2, 0.25) is 5.78 Å². The van der Waals surface area contributed by atoms with E-state index in [1.807, 2.05) is 78.7 Å². The fraction of sp³-hybridized carbons (Fsp3) is 0.652. The molecule has 0 radical (unpaired) electrons. The van der Waals surface area contributed by atoms with Crippen LogP contribution >= 0.6 is 11.3 Å². The normalized spacial score (nSPS) is 36.8. The summed E-state index contributed by atoms with van der Waals surface area (Å²) >= 11 is 1.29. The van der Waals surface area contributed by atoms with E-state index in [2.05, 4.69) is 17.0 Å². The summed E-state index contributed by atoms with van der Waals surface area (Å²) < 4.78 is 44.3. The van der Waals surface area contributed by atoms with E-state index in [4.69, 9.17) is 38.0 Å². The van der Waals surface area contributed by atoms with Crippen molar-refractivity contribution in [3.63, 3.8) is 0 Å². The van der Waals surface area contributed by atoms with Crippen molar-refractivity contribution in [1.29, 1.82) is 0 Å². The highest BCUT2D eigenvalue weighted by atomic mass is 32.1. The predicted octanol–water partition coefficient (Wildman–Crippen LogP) is 6.50. The standard InChI is InChI=1S/C46H64N2O12S/c1-13-35-46(8)41(59-44(52)60-46)28(4)36(47-54-12)26(2)25-45(7,53-11)40(58-43-38(50)33(48(9)10)24-27(3)56-43)29(5)39(30(6)42(51)57-35)55-23-17-20-32-21-22-34(61-32)37(49)31-18-15-14-16-19-31/h14-16,18-19,21-22,26-30,33,35,38-41,43,50H,13,23-25H2,1-12H3/b47-36+/t26-,27-,28+,29+,30-,33+,35-,38-,39+,40-,41-,43+,45-,46-/m1/s1. The summed E-state index contributed by atoms with van der Waals surface area (Å²) in [5.41, 5.74) is -1.35. The summed E-state index contributed by atoms with van der Waals surface area (Å²) in [5, 5.41) is 16.2. The van der Waals surface area contributed by atoms with Crippen molar-refractivity contribution in [2.24, 2.45) is 28.8 Å². The highest BCUT2D eigenvalue weighted by Crippen LogP contribution is 2.43. The minimum absolute atomic E-state index is 0.0877. The molecule has 61 heavy (non-hydrogen) atoms. The lowest BCUT2D eigenvalue weighted by Crippen LogP contribution is -2.60. The second-order valence-corrected chi connectivity index (χ2v) is 18.3. The third kappa shape index (κ3) is 10.7. The average molecular weight is 869 g/mol. The number of oxime groups is 1. The molecule has 5 rings (SSSR count). The molecule has 3 aliphatic heterocycles. The van der Waals surface area contributed by atoms with Gasteiger partial charge in [0.05, 0.1) is 45.3 Å². The molecule has 0 bridgehead atoms. The van der Waals surface area contributed by atoms with Crippen molar-refractivity contribution in [3.05, 3.63) is 57.8 Å². The highest BCUT2D eigenvalue weighted by Gasteiger charge is 2.59. The van der Waals surface area contributed by atoms with Crippen LogP contribution in [0.2, 0.25) is 0 Å². The molecule has 1 aromatic carbocycles. The Balaban J connectivity index is 1.57. The molecule has 0 unspecified atom stereocenters. The minimum Gasteiger partial charge on any atom is -0.458 e. The number of rotatable bonds is 10. The molecule has 1 aromatic heterocycles. The fourth-order valence-electron chi connectivity index (χ4n) is 9.29. The number of aliphatic hydroxyl groups excluding tert-OH is 1. The third-order valence-electron chi connectivity index (χ3n) is 12.6. The van der Waals surface area contributed by atoms with Gasteiger partial charge in [-0.1, -0.05) is 75.0 Å². The van der Waals surface area contributed by atoms with Crippen LogP contribution in [0.4, 0.5) is 4.79 Å². The molecule has 3 fully saturated rings. The number of esters is 1. The molecule has 2 aromatic rings. The number of carbonyl (C=O) groups excluding carboxylic acids is 3. The molecule has 3 saturated heterocycles. The zero-order valence-corrected chi connectivity index (χ0v) is 38.4. The van der Waals surface area contributed by atoms with E-state index in [9.17, 15) is 19.5 Å². The molecule has 336 valence electrons. The summed E-state index contributed by atoms with van der Waals surface area (Å²) in [6.07, 6.45) is -5.56. The van der Waals surface area contributed by atoms with Gasteiger partial charge in [-0.2, -0.15) is 0 Å². The zero-order valence-electron chi connectivity index (χ0n) is 37.5. The Morgan fingerprint density at radius 2 is 1.72 bits per heavy atom. The molecule has 15 heteroatoms. The number of ether oxygens (including phenoxy) is 7. The van der Waals surface area contributed by atoms with Gasteiger partial charge in [0.1, 0.15) is 25.9 Å². The van der Waals surface area contributed by atoms with E-state index >= 15 is 0 Å². The van der Waals surface area contributed by atoms with E-state index in [1.165, 1.54) is 18.4 Å². The monoisotopic (exact) mass is 868 g/mol. The van der Waals surface area contributed by atoms with Crippen LogP contribution in [0.1, 0.15) is 94.8 Å². The largest absolute Gasteiger partial charge is 0.509 e. The molecular formula is C46H64N2O12S. The van der Waals surface area contributed by atoms with Crippen LogP contribution in [0.3, 0.4) is 0 Å². The van der Waals surface area contributed by atoms with Crippen molar-refractivity contribution in [2.45, 2.75) is 135 Å². The predicted molar refractivity (Wildman–Crippen MR) is 229 cm³/mol. The Kier molecular flexibility index (Phi) is 16.2. The molecule has 14 nitrogen and oxygen atoms in total. The summed E-state index contributed by atoms with van der Waals surface area (Å²) in [6.45, 7) is 14.8. The number of ketones is 1. The van der Waals surface area contributed by atoms with Crippen molar-refractivity contribution in [3.8, 4) is 11.8 Å². The lowest BCUT2D eigenvalue weighted by Gasteiger charge is -2.48. The Morgan fingerprint density at radius 1 is 1.02 bits per heavy atom. The van der Waals surface area contributed by atoms with Crippen LogP contribution in [0.5, 0.6) is 0 Å². The van der Waals surface area contributed by atoms with Crippen LogP contribution in [0, 0.1) is 35.5 Å². The molecule has 1 N–H and O–H groups in total. The second-order valence-electron chi connectivity index (χ2n) is 17.2. The summed E-state index contributed by atoms with van der Waals surface area (Å²) in [4.78, 5) is 49.0. The van der Waals surface area contributed by atoms with Gasteiger partial charge >= 0.3 is 12.1 Å². The number of nitrogens with zero attached hydrogens (tertiary/aromatic N) is 2. The number of thiophene rings is 1. The second kappa shape index (κ2) is 20.5. The van der Waals surface area contributed by atoms with Crippen molar-refractivity contribution < 1.29 is 57.5 Å². The number of hydrogen-bond acceptors (Lipinski definition) is 15. The topological polar surface area (TPSA) is 161 Å². The van der Waals surface area contributed by atoms with Crippen molar-refractivity contribution in [1.82, 2.24) is 4.90 Å². The van der Waals surface area contributed by atoms with Crippen molar-refractivity contribution >= 4 is 35.0 Å². The quantitative estimate of drug-likeness (QED) is 0.119. The van der Waals surface area contributed by atoms with Crippen LogP contribution in [-0.4, -0.2) is 129 Å². The SMILES string of the molecule is CC[C@H]1OC(=O)[C@H](C)[C@@H](OCC#Cc2ccc(C(=O)c3ccccc3)s2)[C@H](C)[C@@H](O[C@@H]2O[C@H](C)C[C@H](N(C)C)[C@H]2O)[C@](C)(OC)C[C@@H](C)/C(=N\OC)[C@H](C)[C@H]2OC(=O)O[C@@]21C. The number of cyclic esters (lactones) is 1. The molecule has 3 aliphatic rings. The Labute approximate surface area is 364 Å². The van der Waals surface area contributed by atoms with Gasteiger partial charge in [0.15, 0.2) is 18.0 Å². The number of benzene rings is 1. The first-order valence-electron chi connectivity index (χ1n) is 21.1. The Morgan fingerprint density at radius 3 is 2.36 bits per heavy atom. The lowest BCUT2D eigenvalue weighted by atomic mass is 9.73. The molecule has 0 saturated carbocycles. The lowest BCUT2D eigenvalue weighted by molar-refractivity contribution is -0.302. The van der Waals surface area contributed by atoms with Gasteiger partial charge in [-0.05, 0) is 73.2 Å². The van der Waals surface area contributed by atoms with Crippen molar-refractivity contribution in [2.75, 3.05) is 34.9 Å². The first kappa shape index (κ1) is 48.2. The van der Waals surface area contributed by atoms with Crippen LogP contribution in [0.15, 0.2) is 47.6 Å². The van der Waals surface area contributed by atoms with Gasteiger partial charge < -0.3 is 48.0 Å². The number of likely N-dealkylation sites (N-methyl/N-ethyl adjacent to an activating group) is 1. The third-order valence-corrected chi connectivity index (χ3v) is 13.6. The smallest absolute Gasteiger partial charge is 0.458 e. The van der Waals surface area contributed by atoms with E-state index in [0.717, 1.165) is 0 Å². The van der Waals surface area contributed by atoms with E-state index < -0.39 is 77.9 Å². The fourth-order valence-corrected chi connectivity index (χ4v) is 10.1. The van der Waals surface area contributed by atoms with Gasteiger partial charge in [0, 0.05) is 36.5 Å². The molecule has 4 heterocycles. The van der Waals surface area contributed by atoms with Crippen LogP contribution in [0.25, 0.3) is 0 Å². The average Bonchev–Trinajstić information content (AvgIpc) is 3.84. The summed E-state index contributed by atoms with van der Waals surface area (Å²) in [5.74, 6) is 3.08. The van der Waals surface area contributed by atoms with E-state index in [0.29, 0.717) is 40.3 Å². The van der Waals surface area contributed by atoms with Gasteiger partial charge in [0.25, 0.3) is 0 Å².